The molecule has 0 aliphatic rings. The normalized spacial score (nSPS) is 14.4. The van der Waals surface area contributed by atoms with Crippen LogP contribution in [0.2, 0.25) is 0 Å². The van der Waals surface area contributed by atoms with E-state index < -0.39 is 5.54 Å². The fourth-order valence-corrected chi connectivity index (χ4v) is 1.46. The van der Waals surface area contributed by atoms with Crippen molar-refractivity contribution in [3.63, 3.8) is 0 Å². The molecule has 0 spiro atoms. The minimum absolute atomic E-state index is 0.0637. The molecule has 0 amide bonds. The summed E-state index contributed by atoms with van der Waals surface area (Å²) in [6.07, 6.45) is 1.32. The molecule has 17 heavy (non-hydrogen) atoms. The molecule has 96 valence electrons. The van der Waals surface area contributed by atoms with Crippen molar-refractivity contribution in [3.8, 4) is 5.75 Å². The predicted octanol–water partition coefficient (Wildman–Crippen LogP) is 2.00. The van der Waals surface area contributed by atoms with Gasteiger partial charge in [0.25, 0.3) is 0 Å². The number of aliphatic hydroxyl groups excluding tert-OH is 1. The van der Waals surface area contributed by atoms with Gasteiger partial charge < -0.3 is 15.6 Å². The van der Waals surface area contributed by atoms with E-state index in [4.69, 9.17) is 15.6 Å². The number of rotatable bonds is 6. The summed E-state index contributed by atoms with van der Waals surface area (Å²) >= 11 is 0. The molecule has 0 fully saturated rings. The van der Waals surface area contributed by atoms with Gasteiger partial charge in [0.1, 0.15) is 0 Å². The minimum Gasteiger partial charge on any atom is -0.491 e. The Balaban J connectivity index is 2.38. The lowest BCUT2D eigenvalue weighted by atomic mass is 9.99. The SMILES string of the molecule is Cc1ccc(F)c(OCCCC(C)(N)CO)c1. The first-order chi connectivity index (χ1) is 7.94. The Bertz CT molecular complexity index is 366. The average molecular weight is 241 g/mol. The van der Waals surface area contributed by atoms with Crippen molar-refractivity contribution < 1.29 is 14.2 Å². The largest absolute Gasteiger partial charge is 0.491 e. The summed E-state index contributed by atoms with van der Waals surface area (Å²) in [7, 11) is 0. The summed E-state index contributed by atoms with van der Waals surface area (Å²) in [5.74, 6) is -0.0824. The molecule has 0 aliphatic carbocycles. The first-order valence-electron chi connectivity index (χ1n) is 5.73. The summed E-state index contributed by atoms with van der Waals surface area (Å²) in [4.78, 5) is 0. The monoisotopic (exact) mass is 241 g/mol. The number of ether oxygens (including phenoxy) is 1. The number of aliphatic hydroxyl groups is 1. The van der Waals surface area contributed by atoms with Crippen LogP contribution in [0.1, 0.15) is 25.3 Å². The smallest absolute Gasteiger partial charge is 0.165 e. The van der Waals surface area contributed by atoms with Crippen LogP contribution in [0.15, 0.2) is 18.2 Å². The van der Waals surface area contributed by atoms with Crippen molar-refractivity contribution in [1.82, 2.24) is 0 Å². The van der Waals surface area contributed by atoms with Gasteiger partial charge in [-0.3, -0.25) is 0 Å². The van der Waals surface area contributed by atoms with Gasteiger partial charge in [-0.1, -0.05) is 6.07 Å². The molecular formula is C13H20FNO2. The van der Waals surface area contributed by atoms with Gasteiger partial charge in [-0.15, -0.1) is 0 Å². The fraction of sp³-hybridized carbons (Fsp3) is 0.538. The topological polar surface area (TPSA) is 55.5 Å². The highest BCUT2D eigenvalue weighted by atomic mass is 19.1. The molecule has 0 heterocycles. The van der Waals surface area contributed by atoms with E-state index in [0.29, 0.717) is 19.4 Å². The maximum absolute atomic E-state index is 13.3. The molecule has 1 unspecified atom stereocenters. The van der Waals surface area contributed by atoms with Crippen molar-refractivity contribution in [2.24, 2.45) is 5.73 Å². The van der Waals surface area contributed by atoms with Crippen molar-refractivity contribution in [3.05, 3.63) is 29.6 Å². The standard InChI is InChI=1S/C13H20FNO2/c1-10-4-5-11(14)12(8-10)17-7-3-6-13(2,15)9-16/h4-5,8,16H,3,6-7,9,15H2,1-2H3. The van der Waals surface area contributed by atoms with Crippen molar-refractivity contribution in [2.75, 3.05) is 13.2 Å². The molecular weight excluding hydrogens is 221 g/mol. The Labute approximate surface area is 101 Å². The van der Waals surface area contributed by atoms with E-state index in [0.717, 1.165) is 5.56 Å². The maximum atomic E-state index is 13.3. The number of hydrogen-bond acceptors (Lipinski definition) is 3. The lowest BCUT2D eigenvalue weighted by Gasteiger charge is -2.21. The number of hydrogen-bond donors (Lipinski definition) is 2. The van der Waals surface area contributed by atoms with E-state index in [1.807, 2.05) is 6.92 Å². The zero-order valence-corrected chi connectivity index (χ0v) is 10.4. The predicted molar refractivity (Wildman–Crippen MR) is 65.5 cm³/mol. The first-order valence-corrected chi connectivity index (χ1v) is 5.73. The van der Waals surface area contributed by atoms with Crippen LogP contribution in [0.4, 0.5) is 4.39 Å². The highest BCUT2D eigenvalue weighted by Gasteiger charge is 2.16. The molecule has 1 aromatic carbocycles. The summed E-state index contributed by atoms with van der Waals surface area (Å²) in [6, 6.07) is 4.76. The van der Waals surface area contributed by atoms with E-state index in [9.17, 15) is 4.39 Å². The second kappa shape index (κ2) is 5.98. The number of benzene rings is 1. The van der Waals surface area contributed by atoms with Crippen LogP contribution in [-0.2, 0) is 0 Å². The molecule has 1 aromatic rings. The van der Waals surface area contributed by atoms with Crippen LogP contribution in [0, 0.1) is 12.7 Å². The van der Waals surface area contributed by atoms with Crippen LogP contribution in [-0.4, -0.2) is 23.9 Å². The Kier molecular flexibility index (Phi) is 4.90. The lowest BCUT2D eigenvalue weighted by Crippen LogP contribution is -2.40. The molecule has 3 nitrogen and oxygen atoms in total. The Morgan fingerprint density at radius 2 is 2.18 bits per heavy atom. The third-order valence-electron chi connectivity index (χ3n) is 2.60. The Morgan fingerprint density at radius 1 is 1.47 bits per heavy atom. The van der Waals surface area contributed by atoms with E-state index in [-0.39, 0.29) is 18.2 Å². The number of aryl methyl sites for hydroxylation is 1. The van der Waals surface area contributed by atoms with Crippen LogP contribution >= 0.6 is 0 Å². The van der Waals surface area contributed by atoms with Gasteiger partial charge in [-0.05, 0) is 44.4 Å². The molecule has 0 aromatic heterocycles. The van der Waals surface area contributed by atoms with Gasteiger partial charge in [0.2, 0.25) is 0 Å². The van der Waals surface area contributed by atoms with Gasteiger partial charge >= 0.3 is 0 Å². The zero-order valence-electron chi connectivity index (χ0n) is 10.4. The molecule has 1 atom stereocenters. The van der Waals surface area contributed by atoms with Gasteiger partial charge in [-0.25, -0.2) is 4.39 Å². The summed E-state index contributed by atoms with van der Waals surface area (Å²) in [6.45, 7) is 3.99. The second-order valence-electron chi connectivity index (χ2n) is 4.70. The van der Waals surface area contributed by atoms with E-state index in [1.54, 1.807) is 19.1 Å². The van der Waals surface area contributed by atoms with Crippen LogP contribution in [0.5, 0.6) is 5.75 Å². The van der Waals surface area contributed by atoms with E-state index in [1.165, 1.54) is 6.07 Å². The van der Waals surface area contributed by atoms with E-state index in [2.05, 4.69) is 0 Å². The van der Waals surface area contributed by atoms with Crippen molar-refractivity contribution in [2.45, 2.75) is 32.2 Å². The number of halogens is 1. The quantitative estimate of drug-likeness (QED) is 0.749. The highest BCUT2D eigenvalue weighted by Crippen LogP contribution is 2.19. The third kappa shape index (κ3) is 4.71. The molecule has 0 saturated heterocycles. The molecule has 0 aliphatic heterocycles. The summed E-state index contributed by atoms with van der Waals surface area (Å²) < 4.78 is 18.7. The second-order valence-corrected chi connectivity index (χ2v) is 4.70. The van der Waals surface area contributed by atoms with Gasteiger partial charge in [0.05, 0.1) is 13.2 Å². The van der Waals surface area contributed by atoms with E-state index >= 15 is 0 Å². The molecule has 1 rings (SSSR count). The van der Waals surface area contributed by atoms with Crippen LogP contribution in [0.3, 0.4) is 0 Å². The molecule has 4 heteroatoms. The van der Waals surface area contributed by atoms with Crippen molar-refractivity contribution >= 4 is 0 Å². The summed E-state index contributed by atoms with van der Waals surface area (Å²) in [5.41, 5.74) is 6.14. The maximum Gasteiger partial charge on any atom is 0.165 e. The fourth-order valence-electron chi connectivity index (χ4n) is 1.46. The molecule has 0 radical (unpaired) electrons. The average Bonchev–Trinajstić information content (AvgIpc) is 2.29. The third-order valence-corrected chi connectivity index (χ3v) is 2.60. The van der Waals surface area contributed by atoms with Crippen LogP contribution < -0.4 is 10.5 Å². The van der Waals surface area contributed by atoms with Gasteiger partial charge in [0, 0.05) is 5.54 Å². The van der Waals surface area contributed by atoms with Gasteiger partial charge in [0.15, 0.2) is 11.6 Å². The molecule has 3 N–H and O–H groups in total. The summed E-state index contributed by atoms with van der Waals surface area (Å²) in [5, 5.41) is 8.97. The van der Waals surface area contributed by atoms with Crippen molar-refractivity contribution in [1.29, 1.82) is 0 Å². The highest BCUT2D eigenvalue weighted by molar-refractivity contribution is 5.29. The molecule has 0 bridgehead atoms. The minimum atomic E-state index is -0.589. The van der Waals surface area contributed by atoms with Crippen LogP contribution in [0.25, 0.3) is 0 Å². The lowest BCUT2D eigenvalue weighted by molar-refractivity contribution is 0.187. The molecule has 0 saturated carbocycles. The zero-order chi connectivity index (χ0) is 12.9. The Hall–Kier alpha value is -1.13. The Morgan fingerprint density at radius 3 is 2.82 bits per heavy atom. The number of nitrogens with two attached hydrogens (primary N) is 1. The van der Waals surface area contributed by atoms with Gasteiger partial charge in [-0.2, -0.15) is 0 Å². The first kappa shape index (κ1) is 13.9.